The van der Waals surface area contributed by atoms with Crippen LogP contribution in [0.15, 0.2) is 4.99 Å². The highest BCUT2D eigenvalue weighted by Crippen LogP contribution is 1.89. The van der Waals surface area contributed by atoms with E-state index in [9.17, 15) is 0 Å². The van der Waals surface area contributed by atoms with Gasteiger partial charge >= 0.3 is 0 Å². The van der Waals surface area contributed by atoms with Crippen molar-refractivity contribution >= 4 is 5.96 Å². The Balaban J connectivity index is 4.05. The maximum Gasteiger partial charge on any atom is 0.195 e. The third-order valence-corrected chi connectivity index (χ3v) is 1.60. The van der Waals surface area contributed by atoms with Crippen LogP contribution in [-0.4, -0.2) is 76.0 Å². The standard InChI is InChI=1S/C9H22N4/c1-11(2)8-7-10-9(12(3)4)13(5)6/h7-8H2,1-6H3. The minimum absolute atomic E-state index is 0.846. The molecule has 0 aromatic heterocycles. The van der Waals surface area contributed by atoms with Crippen LogP contribution in [0.1, 0.15) is 0 Å². The summed E-state index contributed by atoms with van der Waals surface area (Å²) in [6.45, 7) is 1.84. The van der Waals surface area contributed by atoms with Crippen molar-refractivity contribution in [1.29, 1.82) is 0 Å². The van der Waals surface area contributed by atoms with E-state index in [-0.39, 0.29) is 0 Å². The van der Waals surface area contributed by atoms with Gasteiger partial charge in [0.25, 0.3) is 0 Å². The molecule has 4 heteroatoms. The Morgan fingerprint density at radius 2 is 1.38 bits per heavy atom. The lowest BCUT2D eigenvalue weighted by atomic mass is 10.6. The third kappa shape index (κ3) is 5.47. The fraction of sp³-hybridized carbons (Fsp3) is 0.889. The summed E-state index contributed by atoms with van der Waals surface area (Å²) in [7, 11) is 12.1. The molecule has 0 heterocycles. The molecule has 0 saturated carbocycles. The van der Waals surface area contributed by atoms with E-state index < -0.39 is 0 Å². The summed E-state index contributed by atoms with van der Waals surface area (Å²) in [6.07, 6.45) is 0. The molecule has 0 saturated heterocycles. The van der Waals surface area contributed by atoms with Crippen molar-refractivity contribution in [3.8, 4) is 0 Å². The molecule has 0 aliphatic carbocycles. The Hall–Kier alpha value is -0.770. The summed E-state index contributed by atoms with van der Waals surface area (Å²) < 4.78 is 0. The predicted molar refractivity (Wildman–Crippen MR) is 58.2 cm³/mol. The lowest BCUT2D eigenvalue weighted by molar-refractivity contribution is 0.414. The molecule has 0 aliphatic heterocycles. The molecule has 0 bridgehead atoms. The second-order valence-corrected chi connectivity index (χ2v) is 3.77. The van der Waals surface area contributed by atoms with Gasteiger partial charge in [-0.25, -0.2) is 0 Å². The average molecular weight is 186 g/mol. The van der Waals surface area contributed by atoms with E-state index in [0.717, 1.165) is 19.0 Å². The maximum atomic E-state index is 4.49. The van der Waals surface area contributed by atoms with Gasteiger partial charge in [0, 0.05) is 34.7 Å². The number of hydrogen-bond donors (Lipinski definition) is 0. The topological polar surface area (TPSA) is 22.1 Å². The summed E-state index contributed by atoms with van der Waals surface area (Å²) in [5.41, 5.74) is 0. The van der Waals surface area contributed by atoms with Gasteiger partial charge in [0.05, 0.1) is 6.54 Å². The summed E-state index contributed by atoms with van der Waals surface area (Å²) >= 11 is 0. The Labute approximate surface area is 81.8 Å². The van der Waals surface area contributed by atoms with Crippen molar-refractivity contribution < 1.29 is 0 Å². The summed E-state index contributed by atoms with van der Waals surface area (Å²) in [5.74, 6) is 1.02. The summed E-state index contributed by atoms with van der Waals surface area (Å²) in [4.78, 5) is 10.7. The van der Waals surface area contributed by atoms with E-state index >= 15 is 0 Å². The molecule has 0 aliphatic rings. The first kappa shape index (κ1) is 12.2. The van der Waals surface area contributed by atoms with E-state index in [0.29, 0.717) is 0 Å². The SMILES string of the molecule is CN(C)CCN=C(N(C)C)N(C)C. The van der Waals surface area contributed by atoms with E-state index in [1.807, 2.05) is 38.0 Å². The number of hydrogen-bond acceptors (Lipinski definition) is 2. The Morgan fingerprint density at radius 1 is 0.923 bits per heavy atom. The Bertz CT molecular complexity index is 151. The van der Waals surface area contributed by atoms with Crippen LogP contribution in [-0.2, 0) is 0 Å². The second kappa shape index (κ2) is 5.80. The highest BCUT2D eigenvalue weighted by atomic mass is 15.3. The van der Waals surface area contributed by atoms with E-state index in [4.69, 9.17) is 0 Å². The molecule has 0 N–H and O–H groups in total. The smallest absolute Gasteiger partial charge is 0.195 e. The minimum atomic E-state index is 0.846. The van der Waals surface area contributed by atoms with Crippen molar-refractivity contribution in [2.75, 3.05) is 55.4 Å². The maximum absolute atomic E-state index is 4.49. The second-order valence-electron chi connectivity index (χ2n) is 3.77. The van der Waals surface area contributed by atoms with Crippen LogP contribution in [0.2, 0.25) is 0 Å². The highest BCUT2D eigenvalue weighted by Gasteiger charge is 2.02. The van der Waals surface area contributed by atoms with Crippen LogP contribution in [0, 0.1) is 0 Å². The third-order valence-electron chi connectivity index (χ3n) is 1.60. The molecule has 0 amide bonds. The van der Waals surface area contributed by atoms with Crippen molar-refractivity contribution in [3.05, 3.63) is 0 Å². The molecular weight excluding hydrogens is 164 g/mol. The van der Waals surface area contributed by atoms with E-state index in [1.165, 1.54) is 0 Å². The van der Waals surface area contributed by atoms with Gasteiger partial charge in [-0.2, -0.15) is 0 Å². The Morgan fingerprint density at radius 3 is 1.69 bits per heavy atom. The number of likely N-dealkylation sites (N-methyl/N-ethyl adjacent to an activating group) is 1. The monoisotopic (exact) mass is 186 g/mol. The molecule has 0 aromatic carbocycles. The fourth-order valence-electron chi connectivity index (χ4n) is 1.03. The van der Waals surface area contributed by atoms with Crippen molar-refractivity contribution in [1.82, 2.24) is 14.7 Å². The predicted octanol–water partition coefficient (Wildman–Crippen LogP) is 0.0272. The first-order chi connectivity index (χ1) is 5.95. The first-order valence-electron chi connectivity index (χ1n) is 4.49. The normalized spacial score (nSPS) is 10.1. The van der Waals surface area contributed by atoms with Gasteiger partial charge in [0.1, 0.15) is 0 Å². The molecule has 0 fully saturated rings. The van der Waals surface area contributed by atoms with Gasteiger partial charge in [-0.05, 0) is 14.1 Å². The molecule has 78 valence electrons. The van der Waals surface area contributed by atoms with Crippen LogP contribution >= 0.6 is 0 Å². The van der Waals surface area contributed by atoms with Gasteiger partial charge in [0.15, 0.2) is 5.96 Å². The zero-order valence-electron chi connectivity index (χ0n) is 9.70. The van der Waals surface area contributed by atoms with Gasteiger partial charge in [-0.1, -0.05) is 0 Å². The lowest BCUT2D eigenvalue weighted by Gasteiger charge is -2.22. The van der Waals surface area contributed by atoms with Crippen molar-refractivity contribution in [2.24, 2.45) is 4.99 Å². The van der Waals surface area contributed by atoms with Gasteiger partial charge < -0.3 is 14.7 Å². The summed E-state index contributed by atoms with van der Waals surface area (Å²) in [5, 5.41) is 0. The minimum Gasteiger partial charge on any atom is -0.349 e. The Kier molecular flexibility index (Phi) is 5.46. The molecule has 0 spiro atoms. The van der Waals surface area contributed by atoms with Crippen molar-refractivity contribution in [2.45, 2.75) is 0 Å². The largest absolute Gasteiger partial charge is 0.349 e. The highest BCUT2D eigenvalue weighted by molar-refractivity contribution is 5.79. The molecule has 4 nitrogen and oxygen atoms in total. The molecular formula is C9H22N4. The van der Waals surface area contributed by atoms with Gasteiger partial charge in [0.2, 0.25) is 0 Å². The molecule has 13 heavy (non-hydrogen) atoms. The molecule has 0 radical (unpaired) electrons. The molecule has 0 aromatic rings. The lowest BCUT2D eigenvalue weighted by Crippen LogP contribution is -2.36. The van der Waals surface area contributed by atoms with E-state index in [2.05, 4.69) is 24.0 Å². The van der Waals surface area contributed by atoms with Crippen LogP contribution in [0.25, 0.3) is 0 Å². The first-order valence-corrected chi connectivity index (χ1v) is 4.49. The zero-order chi connectivity index (χ0) is 10.4. The van der Waals surface area contributed by atoms with Crippen LogP contribution < -0.4 is 0 Å². The molecule has 0 rings (SSSR count). The molecule has 0 atom stereocenters. The van der Waals surface area contributed by atoms with Crippen LogP contribution in [0.4, 0.5) is 0 Å². The fourth-order valence-corrected chi connectivity index (χ4v) is 1.03. The van der Waals surface area contributed by atoms with Gasteiger partial charge in [-0.3, -0.25) is 4.99 Å². The number of aliphatic imine (C=N–C) groups is 1. The van der Waals surface area contributed by atoms with Crippen LogP contribution in [0.5, 0.6) is 0 Å². The number of rotatable bonds is 3. The zero-order valence-corrected chi connectivity index (χ0v) is 9.70. The van der Waals surface area contributed by atoms with Gasteiger partial charge in [-0.15, -0.1) is 0 Å². The van der Waals surface area contributed by atoms with Crippen molar-refractivity contribution in [3.63, 3.8) is 0 Å². The average Bonchev–Trinajstić information content (AvgIpc) is 1.95. The number of guanidine groups is 1. The van der Waals surface area contributed by atoms with E-state index in [1.54, 1.807) is 0 Å². The quantitative estimate of drug-likeness (QED) is 0.458. The number of nitrogens with zero attached hydrogens (tertiary/aromatic N) is 4. The van der Waals surface area contributed by atoms with Crippen LogP contribution in [0.3, 0.4) is 0 Å². The molecule has 0 unspecified atom stereocenters. The summed E-state index contributed by atoms with van der Waals surface area (Å²) in [6, 6.07) is 0.